The Hall–Kier alpha value is -1.81. The van der Waals surface area contributed by atoms with Crippen LogP contribution < -0.4 is 10.6 Å². The van der Waals surface area contributed by atoms with Crippen LogP contribution in [0.15, 0.2) is 41.0 Å². The van der Waals surface area contributed by atoms with Gasteiger partial charge in [-0.05, 0) is 49.3 Å². The molecule has 1 heterocycles. The summed E-state index contributed by atoms with van der Waals surface area (Å²) in [6.45, 7) is 4.82. The average molecular weight is 274 g/mol. The lowest BCUT2D eigenvalue weighted by Crippen LogP contribution is -2.28. The molecule has 19 heavy (non-hydrogen) atoms. The molecule has 0 aliphatic rings. The minimum atomic E-state index is 0.589. The highest BCUT2D eigenvalue weighted by molar-refractivity contribution is 7.80. The van der Waals surface area contributed by atoms with Crippen molar-refractivity contribution in [2.45, 2.75) is 26.8 Å². The van der Waals surface area contributed by atoms with E-state index in [4.69, 9.17) is 16.6 Å². The zero-order valence-electron chi connectivity index (χ0n) is 11.2. The third-order valence-electron chi connectivity index (χ3n) is 2.89. The second kappa shape index (κ2) is 6.38. The number of rotatable bonds is 4. The summed E-state index contributed by atoms with van der Waals surface area (Å²) in [7, 11) is 0. The Labute approximate surface area is 119 Å². The van der Waals surface area contributed by atoms with E-state index in [9.17, 15) is 0 Å². The van der Waals surface area contributed by atoms with Gasteiger partial charge in [-0.1, -0.05) is 24.6 Å². The van der Waals surface area contributed by atoms with Crippen molar-refractivity contribution < 1.29 is 4.42 Å². The van der Waals surface area contributed by atoms with E-state index in [1.165, 1.54) is 11.1 Å². The molecule has 0 atom stereocenters. The van der Waals surface area contributed by atoms with Crippen molar-refractivity contribution >= 4 is 23.0 Å². The minimum Gasteiger partial charge on any atom is -0.467 e. The monoisotopic (exact) mass is 274 g/mol. The van der Waals surface area contributed by atoms with Crippen LogP contribution in [0.4, 0.5) is 5.69 Å². The van der Waals surface area contributed by atoms with E-state index < -0.39 is 0 Å². The molecule has 0 bridgehead atoms. The molecule has 0 amide bonds. The lowest BCUT2D eigenvalue weighted by atomic mass is 10.1. The Morgan fingerprint density at radius 1 is 1.32 bits per heavy atom. The summed E-state index contributed by atoms with van der Waals surface area (Å²) in [6, 6.07) is 10.1. The summed E-state index contributed by atoms with van der Waals surface area (Å²) in [5.74, 6) is 0.865. The van der Waals surface area contributed by atoms with Crippen LogP contribution in [0, 0.1) is 6.92 Å². The van der Waals surface area contributed by atoms with Gasteiger partial charge in [-0.3, -0.25) is 0 Å². The first-order chi connectivity index (χ1) is 9.19. The Morgan fingerprint density at radius 2 is 2.16 bits per heavy atom. The molecule has 3 nitrogen and oxygen atoms in total. The third-order valence-corrected chi connectivity index (χ3v) is 3.14. The molecule has 0 aliphatic heterocycles. The second-order valence-electron chi connectivity index (χ2n) is 4.40. The number of hydrogen-bond donors (Lipinski definition) is 2. The lowest BCUT2D eigenvalue weighted by Gasteiger charge is -2.13. The van der Waals surface area contributed by atoms with E-state index in [-0.39, 0.29) is 0 Å². The Bertz CT molecular complexity index is 549. The number of thiocarbonyl (C=S) groups is 1. The average Bonchev–Trinajstić information content (AvgIpc) is 2.91. The predicted molar refractivity (Wildman–Crippen MR) is 82.3 cm³/mol. The van der Waals surface area contributed by atoms with Crippen LogP contribution in [0.3, 0.4) is 0 Å². The third kappa shape index (κ3) is 3.83. The molecular weight excluding hydrogens is 256 g/mol. The van der Waals surface area contributed by atoms with Crippen LogP contribution in [-0.2, 0) is 13.0 Å². The minimum absolute atomic E-state index is 0.589. The summed E-state index contributed by atoms with van der Waals surface area (Å²) in [6.07, 6.45) is 2.63. The molecule has 1 aromatic carbocycles. The number of aryl methyl sites for hydroxylation is 2. The van der Waals surface area contributed by atoms with E-state index in [0.29, 0.717) is 11.7 Å². The van der Waals surface area contributed by atoms with Crippen LogP contribution in [0.2, 0.25) is 0 Å². The standard InChI is InChI=1S/C15H18N2OS/c1-3-12-9-11(2)6-7-14(12)17-15(19)16-10-13-5-4-8-18-13/h4-9H,3,10H2,1-2H3,(H2,16,17,19). The highest BCUT2D eigenvalue weighted by Crippen LogP contribution is 2.17. The van der Waals surface area contributed by atoms with Gasteiger partial charge in [-0.2, -0.15) is 0 Å². The number of anilines is 1. The molecule has 0 saturated carbocycles. The van der Waals surface area contributed by atoms with Gasteiger partial charge in [0.15, 0.2) is 5.11 Å². The largest absolute Gasteiger partial charge is 0.467 e. The maximum Gasteiger partial charge on any atom is 0.171 e. The highest BCUT2D eigenvalue weighted by Gasteiger charge is 2.04. The molecule has 0 radical (unpaired) electrons. The summed E-state index contributed by atoms with van der Waals surface area (Å²) in [4.78, 5) is 0. The van der Waals surface area contributed by atoms with Crippen molar-refractivity contribution in [3.63, 3.8) is 0 Å². The molecule has 0 spiro atoms. The predicted octanol–water partition coefficient (Wildman–Crippen LogP) is 3.64. The Kier molecular flexibility index (Phi) is 4.58. The molecule has 0 unspecified atom stereocenters. The van der Waals surface area contributed by atoms with Gasteiger partial charge in [-0.25, -0.2) is 0 Å². The van der Waals surface area contributed by atoms with Crippen LogP contribution in [-0.4, -0.2) is 5.11 Å². The van der Waals surface area contributed by atoms with Gasteiger partial charge in [0.05, 0.1) is 12.8 Å². The van der Waals surface area contributed by atoms with Crippen molar-refractivity contribution in [1.82, 2.24) is 5.32 Å². The first-order valence-electron chi connectivity index (χ1n) is 6.36. The van der Waals surface area contributed by atoms with Gasteiger partial charge in [0.1, 0.15) is 5.76 Å². The van der Waals surface area contributed by atoms with E-state index in [1.54, 1.807) is 6.26 Å². The summed E-state index contributed by atoms with van der Waals surface area (Å²) < 4.78 is 5.24. The van der Waals surface area contributed by atoms with Gasteiger partial charge in [0, 0.05) is 5.69 Å². The number of furan rings is 1. The number of benzene rings is 1. The second-order valence-corrected chi connectivity index (χ2v) is 4.81. The van der Waals surface area contributed by atoms with E-state index in [0.717, 1.165) is 17.9 Å². The molecule has 1 aromatic heterocycles. The van der Waals surface area contributed by atoms with E-state index in [2.05, 4.69) is 42.7 Å². The summed E-state index contributed by atoms with van der Waals surface area (Å²) >= 11 is 5.29. The molecule has 2 aromatic rings. The van der Waals surface area contributed by atoms with E-state index in [1.807, 2.05) is 12.1 Å². The van der Waals surface area contributed by atoms with Crippen molar-refractivity contribution in [2.24, 2.45) is 0 Å². The number of hydrogen-bond acceptors (Lipinski definition) is 2. The van der Waals surface area contributed by atoms with Crippen molar-refractivity contribution in [1.29, 1.82) is 0 Å². The maximum absolute atomic E-state index is 5.29. The van der Waals surface area contributed by atoms with Crippen LogP contribution in [0.25, 0.3) is 0 Å². The molecule has 4 heteroatoms. The van der Waals surface area contributed by atoms with Gasteiger partial charge in [-0.15, -0.1) is 0 Å². The molecule has 0 fully saturated rings. The quantitative estimate of drug-likeness (QED) is 0.835. The zero-order chi connectivity index (χ0) is 13.7. The molecule has 0 aliphatic carbocycles. The molecule has 2 rings (SSSR count). The molecule has 0 saturated heterocycles. The summed E-state index contributed by atoms with van der Waals surface area (Å²) in [5.41, 5.74) is 3.59. The highest BCUT2D eigenvalue weighted by atomic mass is 32.1. The fraction of sp³-hybridized carbons (Fsp3) is 0.267. The lowest BCUT2D eigenvalue weighted by molar-refractivity contribution is 0.503. The van der Waals surface area contributed by atoms with Crippen LogP contribution >= 0.6 is 12.2 Å². The number of nitrogens with one attached hydrogen (secondary N) is 2. The van der Waals surface area contributed by atoms with E-state index >= 15 is 0 Å². The zero-order valence-corrected chi connectivity index (χ0v) is 12.0. The first kappa shape index (κ1) is 13.6. The first-order valence-corrected chi connectivity index (χ1v) is 6.76. The van der Waals surface area contributed by atoms with Crippen LogP contribution in [0.1, 0.15) is 23.8 Å². The maximum atomic E-state index is 5.29. The van der Waals surface area contributed by atoms with Crippen molar-refractivity contribution in [3.8, 4) is 0 Å². The molecule has 2 N–H and O–H groups in total. The Balaban J connectivity index is 1.95. The summed E-state index contributed by atoms with van der Waals surface area (Å²) in [5, 5.41) is 6.96. The molecular formula is C15H18N2OS. The van der Waals surface area contributed by atoms with Crippen molar-refractivity contribution in [2.75, 3.05) is 5.32 Å². The van der Waals surface area contributed by atoms with Crippen LogP contribution in [0.5, 0.6) is 0 Å². The van der Waals surface area contributed by atoms with Crippen molar-refractivity contribution in [3.05, 3.63) is 53.5 Å². The fourth-order valence-electron chi connectivity index (χ4n) is 1.88. The van der Waals surface area contributed by atoms with Gasteiger partial charge < -0.3 is 15.1 Å². The normalized spacial score (nSPS) is 10.2. The van der Waals surface area contributed by atoms with Gasteiger partial charge in [0.2, 0.25) is 0 Å². The Morgan fingerprint density at radius 3 is 2.84 bits per heavy atom. The fourth-order valence-corrected chi connectivity index (χ4v) is 2.07. The SMILES string of the molecule is CCc1cc(C)ccc1NC(=S)NCc1ccco1. The smallest absolute Gasteiger partial charge is 0.171 e. The molecule has 100 valence electrons. The topological polar surface area (TPSA) is 37.2 Å². The van der Waals surface area contributed by atoms with Gasteiger partial charge >= 0.3 is 0 Å². The van der Waals surface area contributed by atoms with Gasteiger partial charge in [0.25, 0.3) is 0 Å².